The Bertz CT molecular complexity index is 1520. The van der Waals surface area contributed by atoms with Crippen LogP contribution in [-0.2, 0) is 33.4 Å². The number of carbonyl (C=O) groups excluding carboxylic acids is 1. The highest BCUT2D eigenvalue weighted by atomic mass is 35.5. The van der Waals surface area contributed by atoms with E-state index in [0.717, 1.165) is 18.4 Å². The van der Waals surface area contributed by atoms with E-state index in [-0.39, 0.29) is 29.5 Å². The molecule has 1 aromatic heterocycles. The van der Waals surface area contributed by atoms with Crippen LogP contribution in [0.15, 0.2) is 96.3 Å². The summed E-state index contributed by atoms with van der Waals surface area (Å²) in [6, 6.07) is 25.5. The maximum atomic E-state index is 13.7. The molecule has 7 nitrogen and oxygen atoms in total. The summed E-state index contributed by atoms with van der Waals surface area (Å²) in [5.74, 6) is -0.366. The van der Waals surface area contributed by atoms with Crippen LogP contribution < -0.4 is 0 Å². The van der Waals surface area contributed by atoms with Crippen LogP contribution >= 0.6 is 11.6 Å². The number of sulfone groups is 1. The summed E-state index contributed by atoms with van der Waals surface area (Å²) in [6.45, 7) is 1.52. The maximum absolute atomic E-state index is 13.7. The highest BCUT2D eigenvalue weighted by Gasteiger charge is 2.28. The largest absolute Gasteiger partial charge is 0.376 e. The average molecular weight is 564 g/mol. The molecule has 1 amide bonds. The second-order valence-corrected chi connectivity index (χ2v) is 12.0. The van der Waals surface area contributed by atoms with Crippen LogP contribution in [0.4, 0.5) is 0 Å². The summed E-state index contributed by atoms with van der Waals surface area (Å²) < 4.78 is 34.7. The van der Waals surface area contributed by atoms with E-state index in [4.69, 9.17) is 16.3 Å². The lowest BCUT2D eigenvalue weighted by Crippen LogP contribution is -2.37. The molecule has 1 aliphatic heterocycles. The topological polar surface area (TPSA) is 81.5 Å². The first-order valence-electron chi connectivity index (χ1n) is 12.9. The van der Waals surface area contributed by atoms with E-state index in [0.29, 0.717) is 41.5 Å². The van der Waals surface area contributed by atoms with Gasteiger partial charge in [-0.2, -0.15) is 0 Å². The van der Waals surface area contributed by atoms with Gasteiger partial charge in [-0.3, -0.25) is 4.79 Å². The van der Waals surface area contributed by atoms with E-state index in [1.807, 2.05) is 48.5 Å². The molecule has 1 unspecified atom stereocenters. The van der Waals surface area contributed by atoms with Crippen molar-refractivity contribution in [1.82, 2.24) is 14.5 Å². The Labute approximate surface area is 233 Å². The van der Waals surface area contributed by atoms with Crippen LogP contribution in [0.5, 0.6) is 0 Å². The van der Waals surface area contributed by atoms with Crippen LogP contribution in [0, 0.1) is 0 Å². The number of hydrogen-bond donors (Lipinski definition) is 0. The zero-order valence-electron chi connectivity index (χ0n) is 21.4. The van der Waals surface area contributed by atoms with Gasteiger partial charge in [0.1, 0.15) is 0 Å². The van der Waals surface area contributed by atoms with E-state index in [1.165, 1.54) is 0 Å². The van der Waals surface area contributed by atoms with Crippen molar-refractivity contribution in [2.24, 2.45) is 0 Å². The van der Waals surface area contributed by atoms with Gasteiger partial charge in [-0.1, -0.05) is 78.3 Å². The molecule has 9 heteroatoms. The van der Waals surface area contributed by atoms with Gasteiger partial charge in [0.15, 0.2) is 0 Å². The lowest BCUT2D eigenvalue weighted by Gasteiger charge is -2.26. The molecule has 1 saturated heterocycles. The Morgan fingerprint density at radius 2 is 1.72 bits per heavy atom. The van der Waals surface area contributed by atoms with E-state index in [2.05, 4.69) is 4.98 Å². The molecule has 0 radical (unpaired) electrons. The standard InChI is InChI=1S/C30H30ClN3O4S/c31-26-14-7-13-25(17-26)29(35)33(21-28-15-8-16-38-28)20-27-18-32-30(34(27)19-23-9-3-1-4-10-23)39(36,37)22-24-11-5-2-6-12-24/h1-7,9-14,17-18,28H,8,15-16,19-22H2. The van der Waals surface area contributed by atoms with E-state index in [9.17, 15) is 13.2 Å². The van der Waals surface area contributed by atoms with Crippen molar-refractivity contribution in [1.29, 1.82) is 0 Å². The summed E-state index contributed by atoms with van der Waals surface area (Å²) in [4.78, 5) is 19.8. The van der Waals surface area contributed by atoms with E-state index in [1.54, 1.807) is 52.1 Å². The van der Waals surface area contributed by atoms with Crippen molar-refractivity contribution in [3.63, 3.8) is 0 Å². The molecule has 0 spiro atoms. The third kappa shape index (κ3) is 6.76. The zero-order valence-corrected chi connectivity index (χ0v) is 23.0. The number of benzene rings is 3. The number of imidazole rings is 1. The smallest absolute Gasteiger partial charge is 0.254 e. The fraction of sp³-hybridized carbons (Fsp3) is 0.267. The number of amides is 1. The molecule has 0 aliphatic carbocycles. The summed E-state index contributed by atoms with van der Waals surface area (Å²) in [5, 5.41) is 0.457. The molecule has 2 heterocycles. The second-order valence-electron chi connectivity index (χ2n) is 9.68. The first kappa shape index (κ1) is 27.1. The van der Waals surface area contributed by atoms with Crippen molar-refractivity contribution in [3.8, 4) is 0 Å². The first-order valence-corrected chi connectivity index (χ1v) is 14.9. The molecule has 5 rings (SSSR count). The van der Waals surface area contributed by atoms with Gasteiger partial charge in [0.25, 0.3) is 5.91 Å². The Balaban J connectivity index is 1.51. The fourth-order valence-electron chi connectivity index (χ4n) is 4.81. The average Bonchev–Trinajstić information content (AvgIpc) is 3.59. The zero-order chi connectivity index (χ0) is 27.2. The Hall–Kier alpha value is -3.46. The summed E-state index contributed by atoms with van der Waals surface area (Å²) >= 11 is 6.18. The van der Waals surface area contributed by atoms with Gasteiger partial charge in [-0.25, -0.2) is 13.4 Å². The van der Waals surface area contributed by atoms with Gasteiger partial charge in [-0.05, 0) is 42.2 Å². The number of carbonyl (C=O) groups is 1. The van der Waals surface area contributed by atoms with Crippen LogP contribution in [0.25, 0.3) is 0 Å². The third-order valence-corrected chi connectivity index (χ3v) is 8.55. The molecule has 4 aromatic rings. The van der Waals surface area contributed by atoms with Gasteiger partial charge in [-0.15, -0.1) is 0 Å². The highest BCUT2D eigenvalue weighted by molar-refractivity contribution is 7.90. The predicted molar refractivity (Wildman–Crippen MR) is 150 cm³/mol. The maximum Gasteiger partial charge on any atom is 0.254 e. The molecule has 0 bridgehead atoms. The Morgan fingerprint density at radius 3 is 2.38 bits per heavy atom. The molecular weight excluding hydrogens is 534 g/mol. The molecule has 202 valence electrons. The molecule has 0 saturated carbocycles. The van der Waals surface area contributed by atoms with Crippen molar-refractivity contribution in [3.05, 3.63) is 119 Å². The molecule has 1 atom stereocenters. The minimum atomic E-state index is -3.77. The SMILES string of the molecule is O=C(c1cccc(Cl)c1)N(Cc1cnc(S(=O)(=O)Cc2ccccc2)n1Cc1ccccc1)CC1CCCO1. The Kier molecular flexibility index (Phi) is 8.45. The number of halogens is 1. The van der Waals surface area contributed by atoms with Gasteiger partial charge >= 0.3 is 0 Å². The van der Waals surface area contributed by atoms with Crippen molar-refractivity contribution < 1.29 is 17.9 Å². The molecule has 1 fully saturated rings. The van der Waals surface area contributed by atoms with Gasteiger partial charge in [0.2, 0.25) is 15.0 Å². The lowest BCUT2D eigenvalue weighted by molar-refractivity contribution is 0.0501. The number of rotatable bonds is 10. The quantitative estimate of drug-likeness (QED) is 0.259. The van der Waals surface area contributed by atoms with Gasteiger partial charge < -0.3 is 14.2 Å². The van der Waals surface area contributed by atoms with Gasteiger partial charge in [0, 0.05) is 23.7 Å². The Morgan fingerprint density at radius 1 is 1.00 bits per heavy atom. The molecule has 1 aliphatic rings. The highest BCUT2D eigenvalue weighted by Crippen LogP contribution is 2.23. The van der Waals surface area contributed by atoms with Crippen LogP contribution in [0.2, 0.25) is 5.02 Å². The normalized spacial score (nSPS) is 15.4. The number of ether oxygens (including phenoxy) is 1. The van der Waals surface area contributed by atoms with Crippen molar-refractivity contribution in [2.45, 2.75) is 42.9 Å². The number of aromatic nitrogens is 2. The van der Waals surface area contributed by atoms with Crippen LogP contribution in [0.3, 0.4) is 0 Å². The predicted octanol–water partition coefficient (Wildman–Crippen LogP) is 5.38. The minimum absolute atomic E-state index is 0.0162. The lowest BCUT2D eigenvalue weighted by atomic mass is 10.1. The molecule has 3 aromatic carbocycles. The number of nitrogens with zero attached hydrogens (tertiary/aromatic N) is 3. The summed E-state index contributed by atoms with van der Waals surface area (Å²) in [5.41, 5.74) is 2.70. The second kappa shape index (κ2) is 12.2. The molecular formula is C30H30ClN3O4S. The monoisotopic (exact) mass is 563 g/mol. The van der Waals surface area contributed by atoms with Crippen molar-refractivity contribution >= 4 is 27.3 Å². The van der Waals surface area contributed by atoms with E-state index >= 15 is 0 Å². The van der Waals surface area contributed by atoms with E-state index < -0.39 is 9.84 Å². The van der Waals surface area contributed by atoms with Crippen molar-refractivity contribution in [2.75, 3.05) is 13.2 Å². The number of hydrogen-bond acceptors (Lipinski definition) is 5. The van der Waals surface area contributed by atoms with Gasteiger partial charge in [0.05, 0.1) is 36.8 Å². The summed E-state index contributed by atoms with van der Waals surface area (Å²) in [6.07, 6.45) is 3.28. The third-order valence-electron chi connectivity index (χ3n) is 6.72. The van der Waals surface area contributed by atoms with Crippen LogP contribution in [0.1, 0.15) is 40.0 Å². The fourth-order valence-corrected chi connectivity index (χ4v) is 6.49. The minimum Gasteiger partial charge on any atom is -0.376 e. The van der Waals surface area contributed by atoms with Crippen LogP contribution in [-0.4, -0.2) is 48.0 Å². The molecule has 39 heavy (non-hydrogen) atoms. The first-order chi connectivity index (χ1) is 18.9. The molecule has 0 N–H and O–H groups in total. The summed E-state index contributed by atoms with van der Waals surface area (Å²) in [7, 11) is -3.77.